The summed E-state index contributed by atoms with van der Waals surface area (Å²) in [7, 11) is 0. The summed E-state index contributed by atoms with van der Waals surface area (Å²) in [5.41, 5.74) is -0.521. The van der Waals surface area contributed by atoms with Gasteiger partial charge in [-0.1, -0.05) is 39.7 Å². The van der Waals surface area contributed by atoms with Gasteiger partial charge in [-0.2, -0.15) is 13.2 Å². The van der Waals surface area contributed by atoms with Crippen LogP contribution in [0, 0.1) is 5.41 Å². The number of hydrogen-bond acceptors (Lipinski definition) is 4. The second-order valence-electron chi connectivity index (χ2n) is 9.24. The summed E-state index contributed by atoms with van der Waals surface area (Å²) in [6.45, 7) is 4.93. The van der Waals surface area contributed by atoms with Crippen molar-refractivity contribution < 1.29 is 18.0 Å². The molecule has 2 heterocycles. The van der Waals surface area contributed by atoms with E-state index in [1.165, 1.54) is 25.0 Å². The van der Waals surface area contributed by atoms with Gasteiger partial charge in [0.25, 0.3) is 0 Å². The number of aromatic nitrogens is 3. The molecule has 0 unspecified atom stereocenters. The Morgan fingerprint density at radius 1 is 1.09 bits per heavy atom. The summed E-state index contributed by atoms with van der Waals surface area (Å²) in [5, 5.41) is 10.4. The molecule has 0 atom stereocenters. The highest BCUT2D eigenvalue weighted by Gasteiger charge is 2.35. The third-order valence-corrected chi connectivity index (χ3v) is 5.58. The standard InChI is InChI=1S/C23H26F3N5O/c1-22(2,3)21(32)29-17-12-14(8-9-16(17)23(24,25)26)18-13-31-20(28-18)11-10-19(30-31)27-15-6-4-5-7-15/h8-13,15H,4-7H2,1-3H3,(H,27,30)(H,29,32). The highest BCUT2D eigenvalue weighted by atomic mass is 19.4. The van der Waals surface area contributed by atoms with Crippen LogP contribution < -0.4 is 10.6 Å². The number of amides is 1. The number of rotatable bonds is 4. The number of nitrogens with one attached hydrogen (secondary N) is 2. The van der Waals surface area contributed by atoms with Crippen LogP contribution in [-0.4, -0.2) is 26.5 Å². The van der Waals surface area contributed by atoms with E-state index >= 15 is 0 Å². The molecule has 170 valence electrons. The zero-order chi connectivity index (χ0) is 23.1. The molecule has 9 heteroatoms. The normalized spacial score (nSPS) is 15.3. The molecule has 1 aliphatic rings. The molecule has 1 saturated carbocycles. The lowest BCUT2D eigenvalue weighted by molar-refractivity contribution is -0.137. The Morgan fingerprint density at radius 2 is 1.81 bits per heavy atom. The Labute approximate surface area is 184 Å². The molecule has 0 bridgehead atoms. The SMILES string of the molecule is CC(C)(C)C(=O)Nc1cc(-c2cn3nc(NC4CCCC4)ccc3n2)ccc1C(F)(F)F. The van der Waals surface area contributed by atoms with Gasteiger partial charge < -0.3 is 10.6 Å². The van der Waals surface area contributed by atoms with Crippen LogP contribution in [0.2, 0.25) is 0 Å². The number of benzene rings is 1. The molecular weight excluding hydrogens is 419 g/mol. The summed E-state index contributed by atoms with van der Waals surface area (Å²) in [4.78, 5) is 16.9. The smallest absolute Gasteiger partial charge is 0.366 e. The van der Waals surface area contributed by atoms with E-state index in [2.05, 4.69) is 20.7 Å². The second-order valence-corrected chi connectivity index (χ2v) is 9.24. The number of anilines is 2. The van der Waals surface area contributed by atoms with Crippen LogP contribution in [0.25, 0.3) is 16.9 Å². The van der Waals surface area contributed by atoms with Gasteiger partial charge in [0.2, 0.25) is 5.91 Å². The molecule has 0 spiro atoms. The van der Waals surface area contributed by atoms with Crippen molar-refractivity contribution in [3.05, 3.63) is 42.1 Å². The molecule has 2 N–H and O–H groups in total. The van der Waals surface area contributed by atoms with Gasteiger partial charge in [-0.05, 0) is 37.1 Å². The van der Waals surface area contributed by atoms with Crippen molar-refractivity contribution in [1.29, 1.82) is 0 Å². The number of hydrogen-bond donors (Lipinski definition) is 2. The van der Waals surface area contributed by atoms with Crippen molar-refractivity contribution in [2.75, 3.05) is 10.6 Å². The minimum atomic E-state index is -4.60. The predicted molar refractivity (Wildman–Crippen MR) is 117 cm³/mol. The molecule has 1 amide bonds. The van der Waals surface area contributed by atoms with Gasteiger partial charge in [-0.3, -0.25) is 4.79 Å². The quantitative estimate of drug-likeness (QED) is 0.536. The van der Waals surface area contributed by atoms with Gasteiger partial charge in [0.05, 0.1) is 23.1 Å². The van der Waals surface area contributed by atoms with Crippen molar-refractivity contribution in [3.8, 4) is 11.3 Å². The Hall–Kier alpha value is -3.10. The van der Waals surface area contributed by atoms with Crippen molar-refractivity contribution in [1.82, 2.24) is 14.6 Å². The average Bonchev–Trinajstić information content (AvgIpc) is 3.35. The van der Waals surface area contributed by atoms with Crippen molar-refractivity contribution in [2.45, 2.75) is 58.7 Å². The number of carbonyl (C=O) groups is 1. The Morgan fingerprint density at radius 3 is 2.47 bits per heavy atom. The maximum atomic E-state index is 13.5. The van der Waals surface area contributed by atoms with Crippen LogP contribution in [0.3, 0.4) is 0 Å². The summed E-state index contributed by atoms with van der Waals surface area (Å²) in [5.74, 6) is 0.235. The predicted octanol–water partition coefficient (Wildman–Crippen LogP) is 5.75. The van der Waals surface area contributed by atoms with Crippen molar-refractivity contribution >= 4 is 23.1 Å². The zero-order valence-corrected chi connectivity index (χ0v) is 18.3. The Balaban J connectivity index is 1.67. The molecule has 1 fully saturated rings. The summed E-state index contributed by atoms with van der Waals surface area (Å²) in [6, 6.07) is 7.72. The molecule has 0 saturated heterocycles. The third-order valence-electron chi connectivity index (χ3n) is 5.58. The molecule has 0 aliphatic heterocycles. The molecular formula is C23H26F3N5O. The summed E-state index contributed by atoms with van der Waals surface area (Å²) in [6.07, 6.45) is 1.72. The first-order valence-corrected chi connectivity index (χ1v) is 10.7. The van der Waals surface area contributed by atoms with E-state index in [1.807, 2.05) is 12.1 Å². The van der Waals surface area contributed by atoms with Gasteiger partial charge in [0.15, 0.2) is 5.65 Å². The number of nitrogens with zero attached hydrogens (tertiary/aromatic N) is 3. The number of halogens is 3. The second kappa shape index (κ2) is 8.11. The first kappa shape index (κ1) is 22.1. The summed E-state index contributed by atoms with van der Waals surface area (Å²) < 4.78 is 42.2. The van der Waals surface area contributed by atoms with E-state index in [9.17, 15) is 18.0 Å². The van der Waals surface area contributed by atoms with E-state index in [0.717, 1.165) is 24.7 Å². The van der Waals surface area contributed by atoms with Gasteiger partial charge in [0, 0.05) is 17.0 Å². The van der Waals surface area contributed by atoms with Gasteiger partial charge in [0.1, 0.15) is 5.82 Å². The Bertz CT molecular complexity index is 1140. The van der Waals surface area contributed by atoms with Crippen molar-refractivity contribution in [2.24, 2.45) is 5.41 Å². The Kier molecular flexibility index (Phi) is 5.60. The number of carbonyl (C=O) groups excluding carboxylic acids is 1. The monoisotopic (exact) mass is 445 g/mol. The van der Waals surface area contributed by atoms with E-state index in [-0.39, 0.29) is 5.69 Å². The van der Waals surface area contributed by atoms with E-state index in [1.54, 1.807) is 31.5 Å². The van der Waals surface area contributed by atoms with Crippen LogP contribution >= 0.6 is 0 Å². The number of fused-ring (bicyclic) bond motifs is 1. The summed E-state index contributed by atoms with van der Waals surface area (Å²) >= 11 is 0. The van der Waals surface area contributed by atoms with Crippen LogP contribution in [0.5, 0.6) is 0 Å². The molecule has 2 aromatic heterocycles. The lowest BCUT2D eigenvalue weighted by Crippen LogP contribution is -2.28. The zero-order valence-electron chi connectivity index (χ0n) is 18.3. The van der Waals surface area contributed by atoms with Crippen LogP contribution in [0.15, 0.2) is 36.5 Å². The first-order valence-electron chi connectivity index (χ1n) is 10.7. The maximum Gasteiger partial charge on any atom is 0.418 e. The maximum absolute atomic E-state index is 13.5. The first-order chi connectivity index (χ1) is 15.0. The number of imidazole rings is 1. The molecule has 32 heavy (non-hydrogen) atoms. The lowest BCUT2D eigenvalue weighted by atomic mass is 9.95. The average molecular weight is 445 g/mol. The molecule has 0 radical (unpaired) electrons. The van der Waals surface area contributed by atoms with Gasteiger partial charge in [-0.15, -0.1) is 5.10 Å². The van der Waals surface area contributed by atoms with Crippen molar-refractivity contribution in [3.63, 3.8) is 0 Å². The lowest BCUT2D eigenvalue weighted by Gasteiger charge is -2.20. The molecule has 1 aromatic carbocycles. The van der Waals surface area contributed by atoms with E-state index < -0.39 is 23.1 Å². The fourth-order valence-corrected chi connectivity index (χ4v) is 3.74. The van der Waals surface area contributed by atoms with Gasteiger partial charge in [-0.25, -0.2) is 9.50 Å². The highest BCUT2D eigenvalue weighted by molar-refractivity contribution is 5.96. The van der Waals surface area contributed by atoms with Gasteiger partial charge >= 0.3 is 6.18 Å². The minimum Gasteiger partial charge on any atom is -0.366 e. The van der Waals surface area contributed by atoms with E-state index in [0.29, 0.717) is 22.9 Å². The topological polar surface area (TPSA) is 71.3 Å². The molecule has 3 aromatic rings. The molecule has 4 rings (SSSR count). The third kappa shape index (κ3) is 4.71. The van der Waals surface area contributed by atoms with Crippen LogP contribution in [0.1, 0.15) is 52.0 Å². The largest absolute Gasteiger partial charge is 0.418 e. The fourth-order valence-electron chi connectivity index (χ4n) is 3.74. The van der Waals surface area contributed by atoms with Crippen LogP contribution in [-0.2, 0) is 11.0 Å². The highest BCUT2D eigenvalue weighted by Crippen LogP contribution is 2.37. The van der Waals surface area contributed by atoms with E-state index in [4.69, 9.17) is 0 Å². The fraction of sp³-hybridized carbons (Fsp3) is 0.435. The molecule has 1 aliphatic carbocycles. The number of alkyl halides is 3. The molecule has 6 nitrogen and oxygen atoms in total. The minimum absolute atomic E-state index is 0.288. The van der Waals surface area contributed by atoms with Crippen LogP contribution in [0.4, 0.5) is 24.7 Å².